The lowest BCUT2D eigenvalue weighted by molar-refractivity contribution is -0.379. The number of carbonyl (C=O) groups excluding carboxylic acids is 2. The molecule has 15 heavy (non-hydrogen) atoms. The summed E-state index contributed by atoms with van der Waals surface area (Å²) in [6.07, 6.45) is -5.53. The average molecular weight is 234 g/mol. The van der Waals surface area contributed by atoms with E-state index in [1.165, 1.54) is 0 Å². The molecule has 0 aliphatic rings. The molecule has 0 aromatic heterocycles. The standard InChI is InChI=1S/C6H6F4O5/c1-13-3(11)5(7,4(12)14-2)15-6(8,9)10/h1-2H3. The second kappa shape index (κ2) is 4.43. The molecule has 5 nitrogen and oxygen atoms in total. The number of hydrogen-bond acceptors (Lipinski definition) is 5. The van der Waals surface area contributed by atoms with Crippen molar-refractivity contribution in [2.75, 3.05) is 14.2 Å². The molecule has 0 aliphatic heterocycles. The molecule has 0 unspecified atom stereocenters. The summed E-state index contributed by atoms with van der Waals surface area (Å²) in [5.41, 5.74) is 0. The lowest BCUT2D eigenvalue weighted by atomic mass is 10.3. The smallest absolute Gasteiger partial charge is 0.464 e. The summed E-state index contributed by atoms with van der Waals surface area (Å²) >= 11 is 0. The Labute approximate surface area is 80.9 Å². The van der Waals surface area contributed by atoms with Crippen LogP contribution in [0.25, 0.3) is 0 Å². The van der Waals surface area contributed by atoms with Gasteiger partial charge in [-0.1, -0.05) is 0 Å². The first-order valence-corrected chi connectivity index (χ1v) is 3.30. The Bertz CT molecular complexity index is 245. The van der Waals surface area contributed by atoms with E-state index in [0.717, 1.165) is 0 Å². The number of hydrogen-bond donors (Lipinski definition) is 0. The lowest BCUT2D eigenvalue weighted by Crippen LogP contribution is -2.49. The molecule has 9 heteroatoms. The third-order valence-corrected chi connectivity index (χ3v) is 1.15. The van der Waals surface area contributed by atoms with E-state index in [4.69, 9.17) is 0 Å². The zero-order valence-electron chi connectivity index (χ0n) is 7.55. The van der Waals surface area contributed by atoms with Crippen LogP contribution in [-0.4, -0.2) is 38.4 Å². The van der Waals surface area contributed by atoms with Crippen LogP contribution in [0.2, 0.25) is 0 Å². The minimum absolute atomic E-state index is 0.583. The van der Waals surface area contributed by atoms with E-state index in [0.29, 0.717) is 14.2 Å². The third kappa shape index (κ3) is 3.35. The van der Waals surface area contributed by atoms with Crippen molar-refractivity contribution in [2.24, 2.45) is 0 Å². The van der Waals surface area contributed by atoms with Crippen LogP contribution in [0.5, 0.6) is 0 Å². The number of alkyl halides is 4. The minimum Gasteiger partial charge on any atom is -0.464 e. The second-order valence-electron chi connectivity index (χ2n) is 2.13. The van der Waals surface area contributed by atoms with Crippen molar-refractivity contribution >= 4 is 11.9 Å². The molecule has 0 aromatic rings. The normalized spacial score (nSPS) is 12.1. The Morgan fingerprint density at radius 2 is 1.27 bits per heavy atom. The van der Waals surface area contributed by atoms with Gasteiger partial charge in [-0.3, -0.25) is 0 Å². The van der Waals surface area contributed by atoms with Crippen LogP contribution in [0.1, 0.15) is 0 Å². The first-order chi connectivity index (χ1) is 6.67. The molecular weight excluding hydrogens is 228 g/mol. The number of halogens is 4. The number of methoxy groups -OCH3 is 2. The lowest BCUT2D eigenvalue weighted by Gasteiger charge is -2.20. The van der Waals surface area contributed by atoms with Crippen molar-refractivity contribution in [3.8, 4) is 0 Å². The van der Waals surface area contributed by atoms with E-state index in [1.807, 2.05) is 0 Å². The van der Waals surface area contributed by atoms with Crippen molar-refractivity contribution in [1.29, 1.82) is 0 Å². The summed E-state index contributed by atoms with van der Waals surface area (Å²) in [7, 11) is 1.17. The fourth-order valence-corrected chi connectivity index (χ4v) is 0.589. The van der Waals surface area contributed by atoms with Gasteiger partial charge in [0.2, 0.25) is 0 Å². The molecular formula is C6H6F4O5. The molecule has 0 saturated heterocycles. The van der Waals surface area contributed by atoms with Gasteiger partial charge < -0.3 is 9.47 Å². The largest absolute Gasteiger partial charge is 0.526 e. The second-order valence-corrected chi connectivity index (χ2v) is 2.13. The van der Waals surface area contributed by atoms with E-state index >= 15 is 0 Å². The summed E-state index contributed by atoms with van der Waals surface area (Å²) in [5, 5.41) is 0. The number of rotatable bonds is 3. The highest BCUT2D eigenvalue weighted by atomic mass is 19.4. The van der Waals surface area contributed by atoms with Gasteiger partial charge in [0.15, 0.2) is 0 Å². The molecule has 0 amide bonds. The minimum atomic E-state index is -5.53. The Balaban J connectivity index is 5.04. The van der Waals surface area contributed by atoms with Crippen molar-refractivity contribution in [3.63, 3.8) is 0 Å². The van der Waals surface area contributed by atoms with Crippen LogP contribution in [0.4, 0.5) is 17.6 Å². The van der Waals surface area contributed by atoms with Gasteiger partial charge in [-0.15, -0.1) is 13.2 Å². The molecule has 88 valence electrons. The van der Waals surface area contributed by atoms with Crippen molar-refractivity contribution in [3.05, 3.63) is 0 Å². The highest BCUT2D eigenvalue weighted by Gasteiger charge is 2.58. The molecule has 0 atom stereocenters. The van der Waals surface area contributed by atoms with Gasteiger partial charge >= 0.3 is 24.2 Å². The van der Waals surface area contributed by atoms with E-state index in [2.05, 4.69) is 14.2 Å². The van der Waals surface area contributed by atoms with Gasteiger partial charge in [0.25, 0.3) is 0 Å². The molecule has 0 aliphatic carbocycles. The summed E-state index contributed by atoms with van der Waals surface area (Å²) < 4.78 is 58.2. The van der Waals surface area contributed by atoms with Crippen LogP contribution < -0.4 is 0 Å². The summed E-state index contributed by atoms with van der Waals surface area (Å²) in [4.78, 5) is 21.2. The van der Waals surface area contributed by atoms with Gasteiger partial charge in [-0.05, 0) is 0 Å². The van der Waals surface area contributed by atoms with Gasteiger partial charge in [-0.25, -0.2) is 14.3 Å². The number of esters is 2. The third-order valence-electron chi connectivity index (χ3n) is 1.15. The zero-order valence-corrected chi connectivity index (χ0v) is 7.55. The summed E-state index contributed by atoms with van der Waals surface area (Å²) in [6, 6.07) is 0. The quantitative estimate of drug-likeness (QED) is 0.405. The van der Waals surface area contributed by atoms with Gasteiger partial charge in [-0.2, -0.15) is 4.39 Å². The van der Waals surface area contributed by atoms with Crippen molar-refractivity contribution < 1.29 is 41.4 Å². The highest BCUT2D eigenvalue weighted by Crippen LogP contribution is 2.28. The topological polar surface area (TPSA) is 61.8 Å². The predicted octanol–water partition coefficient (Wildman–Crippen LogP) is 0.535. The highest BCUT2D eigenvalue weighted by molar-refractivity contribution is 6.01. The molecule has 0 fully saturated rings. The molecule has 0 aromatic carbocycles. The monoisotopic (exact) mass is 234 g/mol. The Morgan fingerprint density at radius 3 is 1.47 bits per heavy atom. The summed E-state index contributed by atoms with van der Waals surface area (Å²) in [6.45, 7) is 0. The molecule has 0 rings (SSSR count). The van der Waals surface area contributed by atoms with Crippen LogP contribution in [0.15, 0.2) is 0 Å². The Morgan fingerprint density at radius 1 is 0.933 bits per heavy atom. The van der Waals surface area contributed by atoms with Crippen LogP contribution >= 0.6 is 0 Å². The molecule has 0 N–H and O–H groups in total. The van der Waals surface area contributed by atoms with Crippen LogP contribution in [-0.2, 0) is 23.8 Å². The van der Waals surface area contributed by atoms with E-state index in [-0.39, 0.29) is 0 Å². The van der Waals surface area contributed by atoms with E-state index in [9.17, 15) is 27.2 Å². The zero-order chi connectivity index (χ0) is 12.3. The van der Waals surface area contributed by atoms with E-state index < -0.39 is 24.2 Å². The first-order valence-electron chi connectivity index (χ1n) is 3.30. The maximum atomic E-state index is 13.2. The molecule has 0 heterocycles. The Hall–Kier alpha value is -1.38. The van der Waals surface area contributed by atoms with E-state index in [1.54, 1.807) is 0 Å². The predicted molar refractivity (Wildman–Crippen MR) is 35.0 cm³/mol. The fourth-order valence-electron chi connectivity index (χ4n) is 0.589. The fraction of sp³-hybridized carbons (Fsp3) is 0.667. The maximum Gasteiger partial charge on any atom is 0.526 e. The average Bonchev–Trinajstić information content (AvgIpc) is 2.12. The Kier molecular flexibility index (Phi) is 4.02. The molecule has 0 bridgehead atoms. The number of ether oxygens (including phenoxy) is 3. The van der Waals surface area contributed by atoms with Crippen molar-refractivity contribution in [1.82, 2.24) is 0 Å². The summed E-state index contributed by atoms with van der Waals surface area (Å²) in [5.74, 6) is -8.67. The van der Waals surface area contributed by atoms with Crippen molar-refractivity contribution in [2.45, 2.75) is 12.2 Å². The number of carbonyl (C=O) groups is 2. The first kappa shape index (κ1) is 13.6. The molecule has 0 spiro atoms. The SMILES string of the molecule is COC(=O)C(F)(OC(F)(F)F)C(=O)OC. The van der Waals surface area contributed by atoms with Crippen LogP contribution in [0, 0.1) is 0 Å². The molecule has 0 radical (unpaired) electrons. The van der Waals surface area contributed by atoms with Gasteiger partial charge in [0, 0.05) is 0 Å². The van der Waals surface area contributed by atoms with Gasteiger partial charge in [0.05, 0.1) is 14.2 Å². The van der Waals surface area contributed by atoms with Gasteiger partial charge in [0.1, 0.15) is 0 Å². The van der Waals surface area contributed by atoms with Crippen LogP contribution in [0.3, 0.4) is 0 Å². The molecule has 0 saturated carbocycles. The maximum absolute atomic E-state index is 13.2.